The highest BCUT2D eigenvalue weighted by atomic mass is 79.9. The largest absolute Gasteiger partial charge is 0.487 e. The van der Waals surface area contributed by atoms with Crippen LogP contribution in [0.2, 0.25) is 0 Å². The van der Waals surface area contributed by atoms with Gasteiger partial charge in [-0.2, -0.15) is 0 Å². The SMILES string of the molecule is CCC(N)Cc1cc(Br)ccc1OCc1nonc1C. The summed E-state index contributed by atoms with van der Waals surface area (Å²) in [5, 5.41) is 7.54. The number of rotatable bonds is 6. The molecule has 108 valence electrons. The fourth-order valence-corrected chi connectivity index (χ4v) is 2.21. The van der Waals surface area contributed by atoms with E-state index in [1.165, 1.54) is 0 Å². The van der Waals surface area contributed by atoms with Crippen molar-refractivity contribution in [3.63, 3.8) is 0 Å². The van der Waals surface area contributed by atoms with Crippen molar-refractivity contribution >= 4 is 15.9 Å². The minimum atomic E-state index is 0.127. The standard InChI is InChI=1S/C14H18BrN3O2/c1-3-12(16)7-10-6-11(15)4-5-14(10)19-8-13-9(2)17-20-18-13/h4-6,12H,3,7-8,16H2,1-2H3. The monoisotopic (exact) mass is 339 g/mol. The van der Waals surface area contributed by atoms with Crippen LogP contribution < -0.4 is 10.5 Å². The van der Waals surface area contributed by atoms with Crippen molar-refractivity contribution in [1.29, 1.82) is 0 Å². The number of nitrogens with zero attached hydrogens (tertiary/aromatic N) is 2. The van der Waals surface area contributed by atoms with Crippen LogP contribution in [0.4, 0.5) is 0 Å². The number of benzene rings is 1. The second-order valence-electron chi connectivity index (χ2n) is 4.71. The van der Waals surface area contributed by atoms with Crippen LogP contribution in [0.5, 0.6) is 5.75 Å². The highest BCUT2D eigenvalue weighted by molar-refractivity contribution is 9.10. The molecule has 2 rings (SSSR count). The smallest absolute Gasteiger partial charge is 0.145 e. The highest BCUT2D eigenvalue weighted by Crippen LogP contribution is 2.25. The zero-order valence-corrected chi connectivity index (χ0v) is 13.2. The molecule has 0 bridgehead atoms. The molecule has 2 aromatic rings. The number of hydrogen-bond donors (Lipinski definition) is 1. The van der Waals surface area contributed by atoms with E-state index in [0.29, 0.717) is 12.3 Å². The van der Waals surface area contributed by atoms with Crippen molar-refractivity contribution in [3.05, 3.63) is 39.6 Å². The molecule has 5 nitrogen and oxygen atoms in total. The number of aromatic nitrogens is 2. The molecule has 0 saturated carbocycles. The Morgan fingerprint density at radius 3 is 2.85 bits per heavy atom. The van der Waals surface area contributed by atoms with Crippen molar-refractivity contribution in [1.82, 2.24) is 10.3 Å². The van der Waals surface area contributed by atoms with E-state index in [9.17, 15) is 0 Å². The van der Waals surface area contributed by atoms with Gasteiger partial charge in [0.25, 0.3) is 0 Å². The molecule has 1 heterocycles. The van der Waals surface area contributed by atoms with Gasteiger partial charge >= 0.3 is 0 Å². The van der Waals surface area contributed by atoms with Crippen molar-refractivity contribution in [2.24, 2.45) is 5.73 Å². The van der Waals surface area contributed by atoms with Gasteiger partial charge in [-0.05, 0) is 43.5 Å². The molecule has 0 saturated heterocycles. The van der Waals surface area contributed by atoms with Gasteiger partial charge in [0.1, 0.15) is 23.7 Å². The summed E-state index contributed by atoms with van der Waals surface area (Å²) in [6.45, 7) is 4.25. The van der Waals surface area contributed by atoms with Gasteiger partial charge in [-0.3, -0.25) is 0 Å². The first-order chi connectivity index (χ1) is 9.60. The normalized spacial score (nSPS) is 12.4. The fraction of sp³-hybridized carbons (Fsp3) is 0.429. The van der Waals surface area contributed by atoms with Crippen LogP contribution in [0.15, 0.2) is 27.3 Å². The Morgan fingerprint density at radius 2 is 2.20 bits per heavy atom. The first-order valence-corrected chi connectivity index (χ1v) is 7.34. The van der Waals surface area contributed by atoms with Crippen LogP contribution >= 0.6 is 15.9 Å². The average molecular weight is 340 g/mol. The van der Waals surface area contributed by atoms with E-state index in [1.807, 2.05) is 25.1 Å². The van der Waals surface area contributed by atoms with Gasteiger partial charge in [-0.1, -0.05) is 33.2 Å². The quantitative estimate of drug-likeness (QED) is 0.875. The minimum Gasteiger partial charge on any atom is -0.487 e. The lowest BCUT2D eigenvalue weighted by Gasteiger charge is -2.14. The minimum absolute atomic E-state index is 0.127. The van der Waals surface area contributed by atoms with Gasteiger partial charge in [0.2, 0.25) is 0 Å². The predicted octanol–water partition coefficient (Wildman–Crippen LogP) is 3.00. The Hall–Kier alpha value is -1.40. The average Bonchev–Trinajstić information content (AvgIpc) is 2.83. The predicted molar refractivity (Wildman–Crippen MR) is 79.5 cm³/mol. The van der Waals surface area contributed by atoms with E-state index >= 15 is 0 Å². The Morgan fingerprint density at radius 1 is 1.40 bits per heavy atom. The molecule has 1 unspecified atom stereocenters. The zero-order valence-electron chi connectivity index (χ0n) is 11.6. The lowest BCUT2D eigenvalue weighted by molar-refractivity contribution is 0.268. The highest BCUT2D eigenvalue weighted by Gasteiger charge is 2.11. The van der Waals surface area contributed by atoms with Crippen molar-refractivity contribution in [2.75, 3.05) is 0 Å². The summed E-state index contributed by atoms with van der Waals surface area (Å²) in [6, 6.07) is 6.05. The van der Waals surface area contributed by atoms with Gasteiger partial charge in [-0.15, -0.1) is 0 Å². The maximum Gasteiger partial charge on any atom is 0.145 e. The van der Waals surface area contributed by atoms with Crippen LogP contribution in [-0.2, 0) is 13.0 Å². The Labute approximate surface area is 126 Å². The summed E-state index contributed by atoms with van der Waals surface area (Å²) in [4.78, 5) is 0. The number of halogens is 1. The van der Waals surface area contributed by atoms with Gasteiger partial charge in [0.15, 0.2) is 0 Å². The van der Waals surface area contributed by atoms with Crippen molar-refractivity contribution in [3.8, 4) is 5.75 Å². The maximum absolute atomic E-state index is 6.03. The molecule has 1 aromatic carbocycles. The van der Waals surface area contributed by atoms with Crippen LogP contribution in [-0.4, -0.2) is 16.4 Å². The van der Waals surface area contributed by atoms with E-state index in [0.717, 1.165) is 34.3 Å². The topological polar surface area (TPSA) is 74.2 Å². The molecule has 0 aliphatic rings. The molecule has 0 amide bonds. The summed E-state index contributed by atoms with van der Waals surface area (Å²) < 4.78 is 11.5. The van der Waals surface area contributed by atoms with E-state index in [-0.39, 0.29) is 6.04 Å². The van der Waals surface area contributed by atoms with E-state index in [4.69, 9.17) is 10.5 Å². The van der Waals surface area contributed by atoms with Crippen LogP contribution in [0.25, 0.3) is 0 Å². The lowest BCUT2D eigenvalue weighted by Crippen LogP contribution is -2.21. The van der Waals surface area contributed by atoms with Crippen LogP contribution in [0, 0.1) is 6.92 Å². The van der Waals surface area contributed by atoms with E-state index < -0.39 is 0 Å². The number of nitrogens with two attached hydrogens (primary N) is 1. The van der Waals surface area contributed by atoms with E-state index in [1.54, 1.807) is 0 Å². The second kappa shape index (κ2) is 6.85. The Balaban J connectivity index is 2.12. The third-order valence-electron chi connectivity index (χ3n) is 3.14. The summed E-state index contributed by atoms with van der Waals surface area (Å²) in [6.07, 6.45) is 1.71. The number of ether oxygens (including phenoxy) is 1. The maximum atomic E-state index is 6.03. The molecule has 0 radical (unpaired) electrons. The second-order valence-corrected chi connectivity index (χ2v) is 5.63. The molecule has 0 fully saturated rings. The third-order valence-corrected chi connectivity index (χ3v) is 3.63. The first kappa shape index (κ1) is 15.0. The molecule has 20 heavy (non-hydrogen) atoms. The molecule has 0 aliphatic carbocycles. The van der Waals surface area contributed by atoms with E-state index in [2.05, 4.69) is 37.8 Å². The van der Waals surface area contributed by atoms with Crippen LogP contribution in [0.1, 0.15) is 30.3 Å². The van der Waals surface area contributed by atoms with Gasteiger partial charge < -0.3 is 10.5 Å². The third kappa shape index (κ3) is 3.80. The van der Waals surface area contributed by atoms with Gasteiger partial charge in [0, 0.05) is 10.5 Å². The first-order valence-electron chi connectivity index (χ1n) is 6.55. The number of hydrogen-bond acceptors (Lipinski definition) is 5. The summed E-state index contributed by atoms with van der Waals surface area (Å²) in [7, 11) is 0. The number of aryl methyl sites for hydroxylation is 1. The Kier molecular flexibility index (Phi) is 5.14. The Bertz CT molecular complexity index is 571. The molecular formula is C14H18BrN3O2. The molecule has 0 spiro atoms. The molecular weight excluding hydrogens is 322 g/mol. The summed E-state index contributed by atoms with van der Waals surface area (Å²) in [5.74, 6) is 0.819. The molecule has 1 aromatic heterocycles. The molecule has 1 atom stereocenters. The van der Waals surface area contributed by atoms with Crippen molar-refractivity contribution < 1.29 is 9.37 Å². The lowest BCUT2D eigenvalue weighted by atomic mass is 10.0. The molecule has 6 heteroatoms. The van der Waals surface area contributed by atoms with Crippen LogP contribution in [0.3, 0.4) is 0 Å². The fourth-order valence-electron chi connectivity index (χ4n) is 1.80. The zero-order chi connectivity index (χ0) is 14.5. The van der Waals surface area contributed by atoms with Gasteiger partial charge in [0.05, 0.1) is 0 Å². The molecule has 0 aliphatic heterocycles. The summed E-state index contributed by atoms with van der Waals surface area (Å²) in [5.41, 5.74) is 8.57. The van der Waals surface area contributed by atoms with Crippen molar-refractivity contribution in [2.45, 2.75) is 39.3 Å². The van der Waals surface area contributed by atoms with Gasteiger partial charge in [-0.25, -0.2) is 4.63 Å². The summed E-state index contributed by atoms with van der Waals surface area (Å²) >= 11 is 3.48. The molecule has 2 N–H and O–H groups in total.